The Hall–Kier alpha value is -2.29. The summed E-state index contributed by atoms with van der Waals surface area (Å²) in [5, 5.41) is 10.9. The van der Waals surface area contributed by atoms with Crippen molar-refractivity contribution in [2.75, 3.05) is 10.5 Å². The number of hydrogen-bond donors (Lipinski definition) is 2. The van der Waals surface area contributed by atoms with Crippen LogP contribution in [0.15, 0.2) is 58.3 Å². The summed E-state index contributed by atoms with van der Waals surface area (Å²) in [4.78, 5) is 5.14. The Bertz CT molecular complexity index is 1160. The van der Waals surface area contributed by atoms with Crippen molar-refractivity contribution in [3.8, 4) is 5.75 Å². The molecule has 1 heterocycles. The molecule has 3 aromatic rings. The predicted molar refractivity (Wildman–Crippen MR) is 128 cm³/mol. The number of thiazole rings is 1. The van der Waals surface area contributed by atoms with Crippen LogP contribution >= 0.6 is 23.1 Å². The number of allylic oxidation sites excluding steroid dienone is 2. The summed E-state index contributed by atoms with van der Waals surface area (Å²) in [5.41, 5.74) is 2.55. The largest absolute Gasteiger partial charge is 0.506 e. The third kappa shape index (κ3) is 5.24. The number of fused-ring (bicyclic) bond motifs is 1. The van der Waals surface area contributed by atoms with Gasteiger partial charge in [0.05, 0.1) is 26.6 Å². The average molecular weight is 461 g/mol. The van der Waals surface area contributed by atoms with Crippen molar-refractivity contribution in [1.29, 1.82) is 0 Å². The molecule has 0 aliphatic carbocycles. The van der Waals surface area contributed by atoms with E-state index in [2.05, 4.69) is 16.3 Å². The van der Waals surface area contributed by atoms with Gasteiger partial charge in [-0.2, -0.15) is 0 Å². The molecule has 5 nitrogen and oxygen atoms in total. The first kappa shape index (κ1) is 22.4. The van der Waals surface area contributed by atoms with Crippen molar-refractivity contribution < 1.29 is 13.5 Å². The molecule has 158 valence electrons. The van der Waals surface area contributed by atoms with E-state index in [1.807, 2.05) is 31.2 Å². The number of aromatic nitrogens is 1. The van der Waals surface area contributed by atoms with Crippen LogP contribution < -0.4 is 4.72 Å². The van der Waals surface area contributed by atoms with E-state index in [1.54, 1.807) is 31.2 Å². The van der Waals surface area contributed by atoms with Crippen molar-refractivity contribution in [3.05, 3.63) is 60.2 Å². The van der Waals surface area contributed by atoms with E-state index in [-0.39, 0.29) is 11.5 Å². The van der Waals surface area contributed by atoms with Gasteiger partial charge in [-0.15, -0.1) is 11.3 Å². The molecule has 0 saturated carbocycles. The monoisotopic (exact) mass is 460 g/mol. The van der Waals surface area contributed by atoms with Gasteiger partial charge in [-0.05, 0) is 37.1 Å². The molecule has 0 aliphatic rings. The maximum atomic E-state index is 12.5. The fourth-order valence-electron chi connectivity index (χ4n) is 2.86. The van der Waals surface area contributed by atoms with Gasteiger partial charge in [-0.1, -0.05) is 62.0 Å². The summed E-state index contributed by atoms with van der Waals surface area (Å²) >= 11 is 2.84. The highest BCUT2D eigenvalue weighted by Crippen LogP contribution is 2.43. The van der Waals surface area contributed by atoms with Gasteiger partial charge in [0.2, 0.25) is 10.0 Å². The summed E-state index contributed by atoms with van der Waals surface area (Å²) < 4.78 is 29.5. The quantitative estimate of drug-likeness (QED) is 0.293. The zero-order chi connectivity index (χ0) is 21.7. The van der Waals surface area contributed by atoms with E-state index < -0.39 is 10.0 Å². The van der Waals surface area contributed by atoms with Crippen LogP contribution in [0.4, 0.5) is 5.69 Å². The number of anilines is 1. The number of phenols is 1. The van der Waals surface area contributed by atoms with Gasteiger partial charge in [-0.3, -0.25) is 4.72 Å². The lowest BCUT2D eigenvalue weighted by Gasteiger charge is -2.16. The lowest BCUT2D eigenvalue weighted by molar-refractivity contribution is 0.460. The highest BCUT2D eigenvalue weighted by Gasteiger charge is 2.19. The van der Waals surface area contributed by atoms with Crippen LogP contribution in [0.5, 0.6) is 5.75 Å². The Balaban J connectivity index is 2.04. The molecule has 8 heteroatoms. The van der Waals surface area contributed by atoms with E-state index in [0.717, 1.165) is 21.0 Å². The van der Waals surface area contributed by atoms with Crippen molar-refractivity contribution >= 4 is 55.1 Å². The van der Waals surface area contributed by atoms with E-state index in [4.69, 9.17) is 0 Å². The van der Waals surface area contributed by atoms with Crippen LogP contribution in [0.3, 0.4) is 0 Å². The second kappa shape index (κ2) is 9.68. The highest BCUT2D eigenvalue weighted by molar-refractivity contribution is 8.01. The average Bonchev–Trinajstić information content (AvgIpc) is 3.12. The topological polar surface area (TPSA) is 79.3 Å². The van der Waals surface area contributed by atoms with Crippen LogP contribution in [0.2, 0.25) is 0 Å². The first-order valence-electron chi connectivity index (χ1n) is 9.54. The molecule has 1 aromatic heterocycles. The summed E-state index contributed by atoms with van der Waals surface area (Å²) in [6.07, 6.45) is 6.43. The van der Waals surface area contributed by atoms with Crippen LogP contribution in [0, 0.1) is 6.92 Å². The lowest BCUT2D eigenvalue weighted by atomic mass is 10.1. The summed E-state index contributed by atoms with van der Waals surface area (Å²) in [6, 6.07) is 9.51. The molecule has 30 heavy (non-hydrogen) atoms. The van der Waals surface area contributed by atoms with Gasteiger partial charge < -0.3 is 5.11 Å². The Morgan fingerprint density at radius 3 is 2.80 bits per heavy atom. The van der Waals surface area contributed by atoms with Crippen LogP contribution in [-0.2, 0) is 10.0 Å². The number of aromatic hydroxyl groups is 1. The number of phenolic OH excluding ortho intramolecular Hbond substituents is 1. The molecule has 2 aromatic carbocycles. The molecule has 0 amide bonds. The Morgan fingerprint density at radius 1 is 1.33 bits per heavy atom. The van der Waals surface area contributed by atoms with E-state index in [1.165, 1.54) is 23.1 Å². The standard InChI is InChI=1S/C22H24N2O3S3/c1-4-6-10-16-15(3)18(24-30(26,27)13-7-5-2)14-20(21(16)25)29-22-23-17-11-8-9-12-19(17)28-22/h4,6,8-12,14,24-25H,1,5,7,13H2,2-3H3/b10-6-. The second-order valence-corrected chi connectivity index (χ2v) is 10.9. The molecule has 0 atom stereocenters. The van der Waals surface area contributed by atoms with Crippen LogP contribution in [0.25, 0.3) is 16.3 Å². The molecule has 0 radical (unpaired) electrons. The Labute approximate surface area is 185 Å². The molecule has 2 N–H and O–H groups in total. The first-order valence-corrected chi connectivity index (χ1v) is 12.8. The summed E-state index contributed by atoms with van der Waals surface area (Å²) in [7, 11) is -3.48. The fraction of sp³-hybridized carbons (Fsp3) is 0.227. The molecule has 0 spiro atoms. The molecular formula is C22H24N2O3S3. The maximum Gasteiger partial charge on any atom is 0.232 e. The highest BCUT2D eigenvalue weighted by atomic mass is 32.2. The maximum absolute atomic E-state index is 12.5. The van der Waals surface area contributed by atoms with Gasteiger partial charge in [0.25, 0.3) is 0 Å². The number of nitrogens with one attached hydrogen (secondary N) is 1. The third-order valence-electron chi connectivity index (χ3n) is 4.47. The number of sulfonamides is 1. The zero-order valence-electron chi connectivity index (χ0n) is 16.9. The number of hydrogen-bond acceptors (Lipinski definition) is 6. The van der Waals surface area contributed by atoms with Crippen LogP contribution in [0.1, 0.15) is 30.9 Å². The molecule has 0 aliphatic heterocycles. The molecule has 0 fully saturated rings. The fourth-order valence-corrected chi connectivity index (χ4v) is 6.29. The van der Waals surface area contributed by atoms with Gasteiger partial charge in [0.15, 0.2) is 4.34 Å². The minimum absolute atomic E-state index is 0.0575. The lowest BCUT2D eigenvalue weighted by Crippen LogP contribution is -2.17. The van der Waals surface area contributed by atoms with Crippen molar-refractivity contribution in [1.82, 2.24) is 4.98 Å². The van der Waals surface area contributed by atoms with Crippen molar-refractivity contribution in [2.45, 2.75) is 35.9 Å². The number of rotatable bonds is 9. The minimum Gasteiger partial charge on any atom is -0.506 e. The van der Waals surface area contributed by atoms with E-state index >= 15 is 0 Å². The number of nitrogens with zero attached hydrogens (tertiary/aromatic N) is 1. The third-order valence-corrected chi connectivity index (χ3v) is 7.96. The van der Waals surface area contributed by atoms with E-state index in [0.29, 0.717) is 28.1 Å². The van der Waals surface area contributed by atoms with Gasteiger partial charge in [0.1, 0.15) is 5.75 Å². The molecule has 0 bridgehead atoms. The SMILES string of the molecule is C=C/C=C\c1c(C)c(NS(=O)(=O)CCCC)cc(Sc2nc3ccccc3s2)c1O. The zero-order valence-corrected chi connectivity index (χ0v) is 19.3. The summed E-state index contributed by atoms with van der Waals surface area (Å²) in [6.45, 7) is 7.41. The van der Waals surface area contributed by atoms with Crippen LogP contribution in [-0.4, -0.2) is 24.3 Å². The van der Waals surface area contributed by atoms with Gasteiger partial charge >= 0.3 is 0 Å². The summed E-state index contributed by atoms with van der Waals surface area (Å²) in [5.74, 6) is 0.147. The molecular weight excluding hydrogens is 436 g/mol. The predicted octanol–water partition coefficient (Wildman–Crippen LogP) is 6.20. The normalized spacial score (nSPS) is 11.9. The first-order chi connectivity index (χ1) is 14.3. The second-order valence-electron chi connectivity index (χ2n) is 6.73. The Morgan fingerprint density at radius 2 is 2.10 bits per heavy atom. The van der Waals surface area contributed by atoms with E-state index in [9.17, 15) is 13.5 Å². The van der Waals surface area contributed by atoms with Crippen molar-refractivity contribution in [3.63, 3.8) is 0 Å². The molecule has 3 rings (SSSR count). The number of benzene rings is 2. The number of unbranched alkanes of at least 4 members (excludes halogenated alkanes) is 1. The molecule has 0 saturated heterocycles. The van der Waals surface area contributed by atoms with Gasteiger partial charge in [0, 0.05) is 5.56 Å². The number of para-hydroxylation sites is 1. The van der Waals surface area contributed by atoms with Gasteiger partial charge in [-0.25, -0.2) is 13.4 Å². The van der Waals surface area contributed by atoms with Crippen molar-refractivity contribution in [2.24, 2.45) is 0 Å². The minimum atomic E-state index is -3.48. The smallest absolute Gasteiger partial charge is 0.232 e. The molecule has 0 unspecified atom stereocenters. The Kier molecular flexibility index (Phi) is 7.23.